The van der Waals surface area contributed by atoms with E-state index in [-0.39, 0.29) is 37.8 Å². The maximum atomic E-state index is 12.1. The molecule has 11 nitrogen and oxygen atoms in total. The number of hydrogen-bond donors (Lipinski definition) is 3. The fourth-order valence-electron chi connectivity index (χ4n) is 2.87. The molecule has 3 N–H and O–H groups in total. The molecule has 7 amide bonds. The Labute approximate surface area is 131 Å². The Kier molecular flexibility index (Phi) is 3.72. The second kappa shape index (κ2) is 5.57. The van der Waals surface area contributed by atoms with Crippen LogP contribution in [0, 0.1) is 5.92 Å². The lowest BCUT2D eigenvalue weighted by Crippen LogP contribution is -2.58. The normalized spacial score (nSPS) is 30.3. The number of nitrogens with zero attached hydrogens (tertiary/aromatic N) is 3. The summed E-state index contributed by atoms with van der Waals surface area (Å²) in [6, 6.07) is -1.32. The van der Waals surface area contributed by atoms with Gasteiger partial charge in [0, 0.05) is 13.7 Å². The van der Waals surface area contributed by atoms with Gasteiger partial charge in [-0.15, -0.1) is 0 Å². The van der Waals surface area contributed by atoms with Crippen LogP contribution in [-0.4, -0.2) is 78.1 Å². The standard InChI is InChI=1S/C12H18N6O5/c1-6-3-16(10(20)15-9(6)19)4-17-7-8(14-11(17)21)18(5-23-2)12(22)13-7/h6-8H,3-5H2,1-2H3,(H,13,22)(H,14,21)(H,15,19,20). The Morgan fingerprint density at radius 2 is 1.65 bits per heavy atom. The highest BCUT2D eigenvalue weighted by Gasteiger charge is 2.51. The van der Waals surface area contributed by atoms with E-state index in [9.17, 15) is 19.2 Å². The van der Waals surface area contributed by atoms with Gasteiger partial charge < -0.3 is 20.3 Å². The molecule has 3 rings (SSSR count). The summed E-state index contributed by atoms with van der Waals surface area (Å²) in [5.74, 6) is -0.701. The van der Waals surface area contributed by atoms with Crippen LogP contribution in [0.1, 0.15) is 6.92 Å². The van der Waals surface area contributed by atoms with E-state index in [0.29, 0.717) is 0 Å². The molecule has 3 aliphatic heterocycles. The van der Waals surface area contributed by atoms with Gasteiger partial charge in [-0.1, -0.05) is 6.92 Å². The van der Waals surface area contributed by atoms with E-state index in [2.05, 4.69) is 16.0 Å². The van der Waals surface area contributed by atoms with Gasteiger partial charge in [0.15, 0.2) is 0 Å². The molecule has 0 bridgehead atoms. The number of carbonyl (C=O) groups excluding carboxylic acids is 4. The lowest BCUT2D eigenvalue weighted by molar-refractivity contribution is -0.125. The molecule has 0 aromatic carbocycles. The van der Waals surface area contributed by atoms with Crippen LogP contribution in [0.25, 0.3) is 0 Å². The first-order valence-corrected chi connectivity index (χ1v) is 7.15. The first-order chi connectivity index (χ1) is 10.9. The number of imide groups is 1. The second-order valence-electron chi connectivity index (χ2n) is 5.71. The Morgan fingerprint density at radius 3 is 2.30 bits per heavy atom. The monoisotopic (exact) mass is 326 g/mol. The minimum atomic E-state index is -0.606. The fourth-order valence-corrected chi connectivity index (χ4v) is 2.87. The van der Waals surface area contributed by atoms with Crippen LogP contribution in [-0.2, 0) is 9.53 Å². The highest BCUT2D eigenvalue weighted by Crippen LogP contribution is 2.22. The molecule has 3 fully saturated rings. The van der Waals surface area contributed by atoms with Crippen LogP contribution < -0.4 is 16.0 Å². The summed E-state index contributed by atoms with van der Waals surface area (Å²) in [4.78, 5) is 51.5. The zero-order chi connectivity index (χ0) is 16.7. The van der Waals surface area contributed by atoms with Crippen molar-refractivity contribution in [2.24, 2.45) is 5.92 Å². The summed E-state index contributed by atoms with van der Waals surface area (Å²) in [7, 11) is 1.45. The number of rotatable bonds is 4. The molecular weight excluding hydrogens is 308 g/mol. The van der Waals surface area contributed by atoms with Gasteiger partial charge in [0.1, 0.15) is 25.7 Å². The summed E-state index contributed by atoms with van der Waals surface area (Å²) >= 11 is 0. The van der Waals surface area contributed by atoms with Gasteiger partial charge in [-0.05, 0) is 0 Å². The fraction of sp³-hybridized carbons (Fsp3) is 0.667. The van der Waals surface area contributed by atoms with Gasteiger partial charge in [-0.25, -0.2) is 14.4 Å². The molecule has 0 saturated carbocycles. The molecule has 0 spiro atoms. The zero-order valence-electron chi connectivity index (χ0n) is 12.7. The average Bonchev–Trinajstić information content (AvgIpc) is 2.94. The van der Waals surface area contributed by atoms with Crippen molar-refractivity contribution in [1.29, 1.82) is 0 Å². The van der Waals surface area contributed by atoms with Crippen LogP contribution in [0.2, 0.25) is 0 Å². The van der Waals surface area contributed by atoms with Gasteiger partial charge in [0.2, 0.25) is 5.91 Å². The zero-order valence-corrected chi connectivity index (χ0v) is 12.7. The van der Waals surface area contributed by atoms with E-state index >= 15 is 0 Å². The summed E-state index contributed by atoms with van der Waals surface area (Å²) in [5.41, 5.74) is 0. The first-order valence-electron chi connectivity index (χ1n) is 7.15. The molecule has 11 heteroatoms. The maximum absolute atomic E-state index is 12.1. The van der Waals surface area contributed by atoms with Gasteiger partial charge in [0.25, 0.3) is 0 Å². The third kappa shape index (κ3) is 2.52. The van der Waals surface area contributed by atoms with Gasteiger partial charge in [-0.2, -0.15) is 0 Å². The number of urea groups is 3. The van der Waals surface area contributed by atoms with Crippen molar-refractivity contribution < 1.29 is 23.9 Å². The minimum Gasteiger partial charge on any atom is -0.364 e. The SMILES string of the molecule is COCN1C(=O)NC2C1NC(=O)N2CN1CC(C)C(=O)NC1=O. The van der Waals surface area contributed by atoms with Gasteiger partial charge >= 0.3 is 18.1 Å². The Balaban J connectivity index is 1.71. The number of fused-ring (bicyclic) bond motifs is 1. The molecule has 0 radical (unpaired) electrons. The Hall–Kier alpha value is -2.56. The van der Waals surface area contributed by atoms with E-state index < -0.39 is 24.4 Å². The van der Waals surface area contributed by atoms with Crippen LogP contribution in [0.15, 0.2) is 0 Å². The maximum Gasteiger partial charge on any atom is 0.325 e. The number of nitrogens with one attached hydrogen (secondary N) is 3. The number of hydrogen-bond acceptors (Lipinski definition) is 5. The molecule has 23 heavy (non-hydrogen) atoms. The third-order valence-electron chi connectivity index (χ3n) is 4.09. The van der Waals surface area contributed by atoms with E-state index in [1.54, 1.807) is 6.92 Å². The van der Waals surface area contributed by atoms with Gasteiger partial charge in [0.05, 0.1) is 5.92 Å². The molecule has 126 valence electrons. The molecule has 3 atom stereocenters. The van der Waals surface area contributed by atoms with E-state index in [1.165, 1.54) is 21.8 Å². The van der Waals surface area contributed by atoms with Crippen LogP contribution in [0.4, 0.5) is 14.4 Å². The first kappa shape index (κ1) is 15.3. The predicted octanol–water partition coefficient (Wildman–Crippen LogP) is -1.56. The van der Waals surface area contributed by atoms with Crippen molar-refractivity contribution in [1.82, 2.24) is 30.7 Å². The lowest BCUT2D eigenvalue weighted by Gasteiger charge is -2.34. The molecule has 3 heterocycles. The highest BCUT2D eigenvalue weighted by molar-refractivity contribution is 5.98. The molecule has 0 aliphatic carbocycles. The summed E-state index contributed by atoms with van der Waals surface area (Å²) < 4.78 is 4.95. The molecule has 0 aromatic heterocycles. The predicted molar refractivity (Wildman–Crippen MR) is 74.5 cm³/mol. The van der Waals surface area contributed by atoms with Crippen LogP contribution in [0.5, 0.6) is 0 Å². The molecular formula is C12H18N6O5. The van der Waals surface area contributed by atoms with Gasteiger partial charge in [-0.3, -0.25) is 19.9 Å². The van der Waals surface area contributed by atoms with E-state index in [4.69, 9.17) is 4.74 Å². The molecule has 3 aliphatic rings. The molecule has 3 saturated heterocycles. The van der Waals surface area contributed by atoms with E-state index in [1.807, 2.05) is 0 Å². The quantitative estimate of drug-likeness (QED) is 0.576. The largest absolute Gasteiger partial charge is 0.364 e. The van der Waals surface area contributed by atoms with Crippen LogP contribution >= 0.6 is 0 Å². The lowest BCUT2D eigenvalue weighted by atomic mass is 10.1. The van der Waals surface area contributed by atoms with Crippen molar-refractivity contribution in [2.75, 3.05) is 27.1 Å². The number of amides is 7. The van der Waals surface area contributed by atoms with Crippen molar-refractivity contribution in [3.8, 4) is 0 Å². The topological polar surface area (TPSA) is 123 Å². The smallest absolute Gasteiger partial charge is 0.325 e. The average molecular weight is 326 g/mol. The third-order valence-corrected chi connectivity index (χ3v) is 4.09. The van der Waals surface area contributed by atoms with Crippen molar-refractivity contribution >= 4 is 24.0 Å². The Bertz CT molecular complexity index is 568. The number of methoxy groups -OCH3 is 1. The van der Waals surface area contributed by atoms with Crippen molar-refractivity contribution in [2.45, 2.75) is 19.3 Å². The highest BCUT2D eigenvalue weighted by atomic mass is 16.5. The minimum absolute atomic E-state index is 0.0302. The summed E-state index contributed by atoms with van der Waals surface area (Å²) in [6.07, 6.45) is -1.17. The van der Waals surface area contributed by atoms with Crippen LogP contribution in [0.3, 0.4) is 0 Å². The Morgan fingerprint density at radius 1 is 1.04 bits per heavy atom. The molecule has 0 aromatic rings. The second-order valence-corrected chi connectivity index (χ2v) is 5.71. The van der Waals surface area contributed by atoms with Crippen molar-refractivity contribution in [3.63, 3.8) is 0 Å². The summed E-state index contributed by atoms with van der Waals surface area (Å²) in [6.45, 7) is 1.91. The number of ether oxygens (including phenoxy) is 1. The van der Waals surface area contributed by atoms with Crippen molar-refractivity contribution in [3.05, 3.63) is 0 Å². The van der Waals surface area contributed by atoms with E-state index in [0.717, 1.165) is 0 Å². The molecule has 3 unspecified atom stereocenters. The summed E-state index contributed by atoms with van der Waals surface area (Å²) in [5, 5.41) is 7.60. The number of carbonyl (C=O) groups is 4.